The minimum absolute atomic E-state index is 0.549. The number of methoxy groups -OCH3 is 1. The monoisotopic (exact) mass is 251 g/mol. The Morgan fingerprint density at radius 1 is 1.22 bits per heavy atom. The number of nitrogens with one attached hydrogen (secondary N) is 1. The minimum Gasteiger partial charge on any atom is -0.384 e. The van der Waals surface area contributed by atoms with Gasteiger partial charge in [0.1, 0.15) is 0 Å². The Balaban J connectivity index is 1.90. The van der Waals surface area contributed by atoms with Crippen LogP contribution in [0.5, 0.6) is 0 Å². The van der Waals surface area contributed by atoms with E-state index in [1.54, 1.807) is 12.7 Å². The van der Waals surface area contributed by atoms with Gasteiger partial charge in [-0.05, 0) is 37.5 Å². The fraction of sp³-hybridized carbons (Fsp3) is 0.875. The van der Waals surface area contributed by atoms with Gasteiger partial charge in [-0.15, -0.1) is 0 Å². The van der Waals surface area contributed by atoms with Crippen LogP contribution in [0.3, 0.4) is 0 Å². The Bertz CT molecular complexity index is 264. The van der Waals surface area contributed by atoms with E-state index in [2.05, 4.69) is 18.3 Å². The van der Waals surface area contributed by atoms with E-state index >= 15 is 0 Å². The van der Waals surface area contributed by atoms with Crippen molar-refractivity contribution >= 4 is 0 Å². The van der Waals surface area contributed by atoms with Crippen molar-refractivity contribution in [2.24, 2.45) is 11.8 Å². The first kappa shape index (κ1) is 14.1. The van der Waals surface area contributed by atoms with Crippen molar-refractivity contribution in [3.05, 3.63) is 11.6 Å². The molecule has 0 amide bonds. The second kappa shape index (κ2) is 7.30. The van der Waals surface area contributed by atoms with Crippen LogP contribution in [0.4, 0.5) is 0 Å². The van der Waals surface area contributed by atoms with Crippen LogP contribution in [-0.4, -0.2) is 26.3 Å². The van der Waals surface area contributed by atoms with E-state index in [0.29, 0.717) is 5.92 Å². The predicted octanol–water partition coefficient (Wildman–Crippen LogP) is 3.53. The molecule has 2 rings (SSSR count). The molecule has 0 spiro atoms. The lowest BCUT2D eigenvalue weighted by molar-refractivity contribution is 0.175. The van der Waals surface area contributed by atoms with Gasteiger partial charge in [-0.1, -0.05) is 37.8 Å². The summed E-state index contributed by atoms with van der Waals surface area (Å²) in [6.07, 6.45) is 12.3. The Hall–Kier alpha value is -0.340. The third-order valence-electron chi connectivity index (χ3n) is 4.23. The average molecular weight is 251 g/mol. The summed E-state index contributed by atoms with van der Waals surface area (Å²) >= 11 is 0. The van der Waals surface area contributed by atoms with Crippen LogP contribution in [0.25, 0.3) is 0 Å². The number of ether oxygens (including phenoxy) is 1. The first-order chi connectivity index (χ1) is 8.79. The molecule has 1 unspecified atom stereocenters. The Labute approximate surface area is 112 Å². The highest BCUT2D eigenvalue weighted by Gasteiger charge is 2.23. The average Bonchev–Trinajstić information content (AvgIpc) is 3.20. The SMILES string of the molecule is COCC(C)/C=C(/CNC1CC1)C1CCCCC1. The van der Waals surface area contributed by atoms with Crippen LogP contribution in [0, 0.1) is 11.8 Å². The number of rotatable bonds is 7. The standard InChI is InChI=1S/C16H29NO/c1-13(12-18-2)10-15(11-17-16-8-9-16)14-6-4-3-5-7-14/h10,13-14,16-17H,3-9,11-12H2,1-2H3/b15-10-. The van der Waals surface area contributed by atoms with E-state index in [9.17, 15) is 0 Å². The molecule has 0 heterocycles. The van der Waals surface area contributed by atoms with E-state index in [1.807, 2.05) is 0 Å². The van der Waals surface area contributed by atoms with Crippen molar-refractivity contribution in [2.75, 3.05) is 20.3 Å². The molecule has 2 fully saturated rings. The maximum Gasteiger partial charge on any atom is 0.0522 e. The molecule has 2 heteroatoms. The highest BCUT2D eigenvalue weighted by atomic mass is 16.5. The van der Waals surface area contributed by atoms with Crippen molar-refractivity contribution < 1.29 is 4.74 Å². The van der Waals surface area contributed by atoms with Gasteiger partial charge in [0.25, 0.3) is 0 Å². The Morgan fingerprint density at radius 3 is 2.56 bits per heavy atom. The van der Waals surface area contributed by atoms with E-state index in [1.165, 1.54) is 44.9 Å². The van der Waals surface area contributed by atoms with E-state index in [4.69, 9.17) is 4.74 Å². The van der Waals surface area contributed by atoms with Crippen molar-refractivity contribution in [1.82, 2.24) is 5.32 Å². The smallest absolute Gasteiger partial charge is 0.0522 e. The molecule has 0 saturated heterocycles. The molecule has 1 atom stereocenters. The molecule has 2 saturated carbocycles. The second-order valence-electron chi connectivity index (χ2n) is 6.16. The molecule has 1 N–H and O–H groups in total. The molecule has 0 aromatic rings. The number of hydrogen-bond donors (Lipinski definition) is 1. The summed E-state index contributed by atoms with van der Waals surface area (Å²) in [5.74, 6) is 1.39. The van der Waals surface area contributed by atoms with Crippen LogP contribution in [0.2, 0.25) is 0 Å². The molecule has 104 valence electrons. The fourth-order valence-corrected chi connectivity index (χ4v) is 3.04. The van der Waals surface area contributed by atoms with Crippen LogP contribution in [0.1, 0.15) is 51.9 Å². The summed E-state index contributed by atoms with van der Waals surface area (Å²) in [4.78, 5) is 0. The molecule has 0 bridgehead atoms. The molecule has 2 aliphatic rings. The largest absolute Gasteiger partial charge is 0.384 e. The van der Waals surface area contributed by atoms with E-state index in [-0.39, 0.29) is 0 Å². The Kier molecular flexibility index (Phi) is 5.71. The van der Waals surface area contributed by atoms with Crippen molar-refractivity contribution in [3.8, 4) is 0 Å². The molecule has 0 radical (unpaired) electrons. The summed E-state index contributed by atoms with van der Waals surface area (Å²) in [6.45, 7) is 4.23. The highest BCUT2D eigenvalue weighted by Crippen LogP contribution is 2.31. The zero-order chi connectivity index (χ0) is 12.8. The van der Waals surface area contributed by atoms with Gasteiger partial charge in [-0.3, -0.25) is 0 Å². The van der Waals surface area contributed by atoms with Gasteiger partial charge >= 0.3 is 0 Å². The zero-order valence-electron chi connectivity index (χ0n) is 12.1. The quantitative estimate of drug-likeness (QED) is 0.699. The van der Waals surface area contributed by atoms with Crippen LogP contribution < -0.4 is 5.32 Å². The van der Waals surface area contributed by atoms with E-state index in [0.717, 1.165) is 25.1 Å². The second-order valence-corrected chi connectivity index (χ2v) is 6.16. The lowest BCUT2D eigenvalue weighted by Crippen LogP contribution is -2.24. The first-order valence-corrected chi connectivity index (χ1v) is 7.72. The lowest BCUT2D eigenvalue weighted by atomic mass is 9.82. The topological polar surface area (TPSA) is 21.3 Å². The van der Waals surface area contributed by atoms with Gasteiger partial charge in [0.2, 0.25) is 0 Å². The van der Waals surface area contributed by atoms with Crippen molar-refractivity contribution in [2.45, 2.75) is 57.9 Å². The summed E-state index contributed by atoms with van der Waals surface area (Å²) in [7, 11) is 1.80. The first-order valence-electron chi connectivity index (χ1n) is 7.72. The third-order valence-corrected chi connectivity index (χ3v) is 4.23. The molecule has 0 aromatic heterocycles. The summed E-state index contributed by atoms with van der Waals surface area (Å²) < 4.78 is 5.26. The summed E-state index contributed by atoms with van der Waals surface area (Å²) in [6, 6.07) is 0.815. The molecule has 18 heavy (non-hydrogen) atoms. The molecule has 2 nitrogen and oxygen atoms in total. The third kappa shape index (κ3) is 4.74. The van der Waals surface area contributed by atoms with E-state index < -0.39 is 0 Å². The van der Waals surface area contributed by atoms with Crippen LogP contribution in [-0.2, 0) is 4.74 Å². The van der Waals surface area contributed by atoms with Crippen LogP contribution >= 0.6 is 0 Å². The maximum absolute atomic E-state index is 5.26. The van der Waals surface area contributed by atoms with Gasteiger partial charge < -0.3 is 10.1 Å². The highest BCUT2D eigenvalue weighted by molar-refractivity contribution is 5.12. The molecule has 0 aliphatic heterocycles. The van der Waals surface area contributed by atoms with Gasteiger partial charge in [0.05, 0.1) is 6.61 Å². The van der Waals surface area contributed by atoms with Crippen molar-refractivity contribution in [3.63, 3.8) is 0 Å². The van der Waals surface area contributed by atoms with Gasteiger partial charge in [0, 0.05) is 19.7 Å². The van der Waals surface area contributed by atoms with Gasteiger partial charge in [0.15, 0.2) is 0 Å². The molecule has 0 aromatic carbocycles. The van der Waals surface area contributed by atoms with Gasteiger partial charge in [-0.25, -0.2) is 0 Å². The molecular formula is C16H29NO. The molecule has 2 aliphatic carbocycles. The zero-order valence-corrected chi connectivity index (χ0v) is 12.1. The Morgan fingerprint density at radius 2 is 1.94 bits per heavy atom. The van der Waals surface area contributed by atoms with Crippen molar-refractivity contribution in [1.29, 1.82) is 0 Å². The normalized spacial score (nSPS) is 24.2. The van der Waals surface area contributed by atoms with Crippen LogP contribution in [0.15, 0.2) is 11.6 Å². The van der Waals surface area contributed by atoms with Gasteiger partial charge in [-0.2, -0.15) is 0 Å². The fourth-order valence-electron chi connectivity index (χ4n) is 3.04. The predicted molar refractivity (Wildman–Crippen MR) is 76.7 cm³/mol. The summed E-state index contributed by atoms with van der Waals surface area (Å²) in [5.41, 5.74) is 1.66. The number of hydrogen-bond acceptors (Lipinski definition) is 2. The maximum atomic E-state index is 5.26. The lowest BCUT2D eigenvalue weighted by Gasteiger charge is -2.26. The summed E-state index contributed by atoms with van der Waals surface area (Å²) in [5, 5.41) is 3.69. The minimum atomic E-state index is 0.549. The molecular weight excluding hydrogens is 222 g/mol.